The standard InChI is InChI=1S/C13H18N4O2S/c1-3-17(12-6-4-11(8-14)5-7-12)20(18,19)13-9-15-10(2)16-13/h4-7,9H,3,8,14H2,1-2H3,(H,15,16). The van der Waals surface area contributed by atoms with Crippen LogP contribution in [0, 0.1) is 6.92 Å². The van der Waals surface area contributed by atoms with Crippen LogP contribution in [0.25, 0.3) is 0 Å². The molecule has 0 bridgehead atoms. The predicted octanol–water partition coefficient (Wildman–Crippen LogP) is 1.39. The lowest BCUT2D eigenvalue weighted by Crippen LogP contribution is -2.31. The van der Waals surface area contributed by atoms with Gasteiger partial charge in [-0.25, -0.2) is 4.98 Å². The van der Waals surface area contributed by atoms with E-state index < -0.39 is 10.0 Å². The second kappa shape index (κ2) is 5.64. The van der Waals surface area contributed by atoms with Gasteiger partial charge in [0.25, 0.3) is 10.0 Å². The number of H-pyrrole nitrogens is 1. The monoisotopic (exact) mass is 294 g/mol. The summed E-state index contributed by atoms with van der Waals surface area (Å²) in [5.74, 6) is 0.568. The summed E-state index contributed by atoms with van der Waals surface area (Å²) in [6, 6.07) is 7.16. The molecule has 6 nitrogen and oxygen atoms in total. The Morgan fingerprint density at radius 1 is 1.30 bits per heavy atom. The van der Waals surface area contributed by atoms with E-state index in [1.54, 1.807) is 26.0 Å². The van der Waals surface area contributed by atoms with Crippen LogP contribution in [0.5, 0.6) is 0 Å². The second-order valence-corrected chi connectivity index (χ2v) is 6.20. The minimum Gasteiger partial charge on any atom is -0.332 e. The van der Waals surface area contributed by atoms with Gasteiger partial charge in [0.1, 0.15) is 5.82 Å². The molecule has 3 N–H and O–H groups in total. The number of sulfonamides is 1. The summed E-state index contributed by atoms with van der Waals surface area (Å²) >= 11 is 0. The van der Waals surface area contributed by atoms with Crippen LogP contribution < -0.4 is 10.0 Å². The highest BCUT2D eigenvalue weighted by atomic mass is 32.2. The van der Waals surface area contributed by atoms with E-state index in [2.05, 4.69) is 9.97 Å². The van der Waals surface area contributed by atoms with Crippen molar-refractivity contribution in [3.63, 3.8) is 0 Å². The fourth-order valence-corrected chi connectivity index (χ4v) is 3.38. The molecular formula is C13H18N4O2S. The van der Waals surface area contributed by atoms with E-state index in [0.717, 1.165) is 5.56 Å². The van der Waals surface area contributed by atoms with Gasteiger partial charge in [-0.05, 0) is 31.5 Å². The number of nitrogens with one attached hydrogen (secondary N) is 1. The minimum absolute atomic E-state index is 0.0970. The number of nitrogens with zero attached hydrogens (tertiary/aromatic N) is 2. The second-order valence-electron chi connectivity index (χ2n) is 4.37. The molecule has 0 amide bonds. The van der Waals surface area contributed by atoms with Crippen LogP contribution in [0.15, 0.2) is 35.5 Å². The van der Waals surface area contributed by atoms with Crippen LogP contribution in [0.1, 0.15) is 18.3 Å². The fourth-order valence-electron chi connectivity index (χ4n) is 1.94. The molecule has 0 aliphatic carbocycles. The SMILES string of the molecule is CCN(c1ccc(CN)cc1)S(=O)(=O)c1cnc(C)[nH]1. The summed E-state index contributed by atoms with van der Waals surface area (Å²) in [5, 5.41) is 0.0970. The van der Waals surface area contributed by atoms with E-state index in [-0.39, 0.29) is 5.03 Å². The Kier molecular flexibility index (Phi) is 4.10. The largest absolute Gasteiger partial charge is 0.332 e. The molecule has 0 spiro atoms. The Bertz CT molecular complexity index is 677. The number of hydrogen-bond donors (Lipinski definition) is 2. The summed E-state index contributed by atoms with van der Waals surface area (Å²) in [7, 11) is -3.62. The topological polar surface area (TPSA) is 92.1 Å². The number of benzene rings is 1. The highest BCUT2D eigenvalue weighted by molar-refractivity contribution is 7.92. The first-order valence-corrected chi connectivity index (χ1v) is 7.76. The van der Waals surface area contributed by atoms with Gasteiger partial charge in [0, 0.05) is 13.1 Å². The first-order valence-electron chi connectivity index (χ1n) is 6.32. The number of aromatic nitrogens is 2. The number of nitrogens with two attached hydrogens (primary N) is 1. The number of aryl methyl sites for hydroxylation is 1. The molecule has 108 valence electrons. The molecule has 2 aromatic rings. The van der Waals surface area contributed by atoms with Gasteiger partial charge in [0.15, 0.2) is 5.03 Å². The maximum Gasteiger partial charge on any atom is 0.281 e. The Labute approximate surface area is 118 Å². The van der Waals surface area contributed by atoms with Gasteiger partial charge in [-0.2, -0.15) is 8.42 Å². The third-order valence-electron chi connectivity index (χ3n) is 2.99. The van der Waals surface area contributed by atoms with Crippen molar-refractivity contribution in [1.29, 1.82) is 0 Å². The van der Waals surface area contributed by atoms with Crippen LogP contribution in [0.2, 0.25) is 0 Å². The van der Waals surface area contributed by atoms with Crippen LogP contribution in [-0.2, 0) is 16.6 Å². The zero-order chi connectivity index (χ0) is 14.8. The zero-order valence-corrected chi connectivity index (χ0v) is 12.3. The third kappa shape index (κ3) is 2.68. The van der Waals surface area contributed by atoms with Crippen molar-refractivity contribution in [2.75, 3.05) is 10.8 Å². The normalized spacial score (nSPS) is 11.6. The maximum absolute atomic E-state index is 12.6. The van der Waals surface area contributed by atoms with E-state index in [4.69, 9.17) is 5.73 Å². The molecule has 20 heavy (non-hydrogen) atoms. The molecule has 0 unspecified atom stereocenters. The molecule has 0 atom stereocenters. The number of aromatic amines is 1. The van der Waals surface area contributed by atoms with Crippen molar-refractivity contribution in [3.05, 3.63) is 41.9 Å². The van der Waals surface area contributed by atoms with Crippen LogP contribution in [0.3, 0.4) is 0 Å². The average molecular weight is 294 g/mol. The molecule has 1 aromatic heterocycles. The minimum atomic E-state index is -3.62. The Morgan fingerprint density at radius 3 is 2.40 bits per heavy atom. The van der Waals surface area contributed by atoms with E-state index >= 15 is 0 Å². The summed E-state index contributed by atoms with van der Waals surface area (Å²) in [4.78, 5) is 6.71. The highest BCUT2D eigenvalue weighted by Gasteiger charge is 2.25. The van der Waals surface area contributed by atoms with Gasteiger partial charge in [0.05, 0.1) is 11.9 Å². The molecular weight excluding hydrogens is 276 g/mol. The lowest BCUT2D eigenvalue weighted by Gasteiger charge is -2.22. The fraction of sp³-hybridized carbons (Fsp3) is 0.308. The average Bonchev–Trinajstić information content (AvgIpc) is 2.87. The van der Waals surface area contributed by atoms with Crippen molar-refractivity contribution in [1.82, 2.24) is 9.97 Å². The number of rotatable bonds is 5. The first kappa shape index (κ1) is 14.5. The predicted molar refractivity (Wildman–Crippen MR) is 77.9 cm³/mol. The van der Waals surface area contributed by atoms with Gasteiger partial charge in [-0.3, -0.25) is 4.31 Å². The van der Waals surface area contributed by atoms with Gasteiger partial charge in [0.2, 0.25) is 0 Å². The molecule has 7 heteroatoms. The van der Waals surface area contributed by atoms with E-state index in [9.17, 15) is 8.42 Å². The van der Waals surface area contributed by atoms with Gasteiger partial charge >= 0.3 is 0 Å². The Balaban J connectivity index is 2.40. The summed E-state index contributed by atoms with van der Waals surface area (Å²) < 4.78 is 26.5. The molecule has 0 aliphatic rings. The number of hydrogen-bond acceptors (Lipinski definition) is 4. The third-order valence-corrected chi connectivity index (χ3v) is 4.81. The molecule has 0 fully saturated rings. The Morgan fingerprint density at radius 2 is 1.95 bits per heavy atom. The summed E-state index contributed by atoms with van der Waals surface area (Å²) in [5.41, 5.74) is 7.11. The van der Waals surface area contributed by atoms with E-state index in [0.29, 0.717) is 24.6 Å². The first-order chi connectivity index (χ1) is 9.48. The molecule has 1 heterocycles. The van der Waals surface area contributed by atoms with Crippen LogP contribution >= 0.6 is 0 Å². The van der Waals surface area contributed by atoms with Crippen molar-refractivity contribution >= 4 is 15.7 Å². The summed E-state index contributed by atoms with van der Waals surface area (Å²) in [6.45, 7) is 4.27. The van der Waals surface area contributed by atoms with E-state index in [1.807, 2.05) is 12.1 Å². The van der Waals surface area contributed by atoms with Crippen molar-refractivity contribution in [3.8, 4) is 0 Å². The lowest BCUT2D eigenvalue weighted by atomic mass is 10.2. The highest BCUT2D eigenvalue weighted by Crippen LogP contribution is 2.22. The van der Waals surface area contributed by atoms with E-state index in [1.165, 1.54) is 10.5 Å². The zero-order valence-electron chi connectivity index (χ0n) is 11.5. The Hall–Kier alpha value is -1.86. The number of anilines is 1. The summed E-state index contributed by atoms with van der Waals surface area (Å²) in [6.07, 6.45) is 1.33. The van der Waals surface area contributed by atoms with Gasteiger partial charge in [-0.15, -0.1) is 0 Å². The van der Waals surface area contributed by atoms with Crippen molar-refractivity contribution in [2.45, 2.75) is 25.4 Å². The molecule has 0 saturated carbocycles. The molecule has 2 rings (SSSR count). The molecule has 0 aliphatic heterocycles. The van der Waals surface area contributed by atoms with Gasteiger partial charge in [-0.1, -0.05) is 12.1 Å². The van der Waals surface area contributed by atoms with Gasteiger partial charge < -0.3 is 10.7 Å². The van der Waals surface area contributed by atoms with Crippen molar-refractivity contribution < 1.29 is 8.42 Å². The molecule has 0 saturated heterocycles. The maximum atomic E-state index is 12.6. The molecule has 0 radical (unpaired) electrons. The van der Waals surface area contributed by atoms with Crippen LogP contribution in [-0.4, -0.2) is 24.9 Å². The quantitative estimate of drug-likeness (QED) is 0.871. The number of imidazole rings is 1. The van der Waals surface area contributed by atoms with Crippen LogP contribution in [0.4, 0.5) is 5.69 Å². The van der Waals surface area contributed by atoms with Crippen molar-refractivity contribution in [2.24, 2.45) is 5.73 Å². The smallest absolute Gasteiger partial charge is 0.281 e. The lowest BCUT2D eigenvalue weighted by molar-refractivity contribution is 0.588. The molecule has 1 aromatic carbocycles.